The first-order valence-corrected chi connectivity index (χ1v) is 6.35. The maximum Gasteiger partial charge on any atom is 0.310 e. The summed E-state index contributed by atoms with van der Waals surface area (Å²) in [5.74, 6) is 0.955. The first-order valence-electron chi connectivity index (χ1n) is 6.35. The lowest BCUT2D eigenvalue weighted by atomic mass is 10.0. The van der Waals surface area contributed by atoms with E-state index in [1.165, 1.54) is 5.56 Å². The summed E-state index contributed by atoms with van der Waals surface area (Å²) < 4.78 is 5.25. The Balaban J connectivity index is 0.00000121. The largest absolute Gasteiger partial charge is 0.426 e. The van der Waals surface area contributed by atoms with E-state index in [1.54, 1.807) is 6.92 Å². The lowest BCUT2D eigenvalue weighted by Crippen LogP contribution is -2.07. The van der Waals surface area contributed by atoms with Crippen molar-refractivity contribution < 1.29 is 9.53 Å². The third-order valence-corrected chi connectivity index (χ3v) is 2.39. The zero-order chi connectivity index (χ0) is 13.4. The molecule has 0 aliphatic carbocycles. The molecule has 17 heavy (non-hydrogen) atoms. The molecule has 1 aromatic rings. The maximum absolute atomic E-state index is 11.2. The van der Waals surface area contributed by atoms with Gasteiger partial charge < -0.3 is 4.74 Å². The quantitative estimate of drug-likeness (QED) is 0.572. The lowest BCUT2D eigenvalue weighted by Gasteiger charge is -2.10. The summed E-state index contributed by atoms with van der Waals surface area (Å²) in [6.07, 6.45) is 0.408. The smallest absolute Gasteiger partial charge is 0.310 e. The van der Waals surface area contributed by atoms with Gasteiger partial charge in [0.05, 0.1) is 0 Å². The van der Waals surface area contributed by atoms with E-state index in [0.29, 0.717) is 18.1 Å². The molecule has 96 valence electrons. The minimum Gasteiger partial charge on any atom is -0.426 e. The van der Waals surface area contributed by atoms with Gasteiger partial charge in [0.1, 0.15) is 5.75 Å². The van der Waals surface area contributed by atoms with E-state index in [-0.39, 0.29) is 5.97 Å². The van der Waals surface area contributed by atoms with Gasteiger partial charge in [-0.2, -0.15) is 0 Å². The Morgan fingerprint density at radius 1 is 1.29 bits per heavy atom. The molecule has 0 radical (unpaired) electrons. The van der Waals surface area contributed by atoms with Gasteiger partial charge in [-0.05, 0) is 30.0 Å². The molecule has 0 aliphatic heterocycles. The summed E-state index contributed by atoms with van der Waals surface area (Å²) in [6, 6.07) is 6.02. The van der Waals surface area contributed by atoms with E-state index in [1.807, 2.05) is 32.9 Å². The molecule has 0 atom stereocenters. The zero-order valence-electron chi connectivity index (χ0n) is 11.8. The van der Waals surface area contributed by atoms with Crippen molar-refractivity contribution in [2.45, 2.75) is 53.9 Å². The van der Waals surface area contributed by atoms with E-state index in [4.69, 9.17) is 4.74 Å². The van der Waals surface area contributed by atoms with Gasteiger partial charge in [0.15, 0.2) is 0 Å². The van der Waals surface area contributed by atoms with Crippen LogP contribution in [-0.2, 0) is 4.79 Å². The third-order valence-electron chi connectivity index (χ3n) is 2.39. The molecule has 0 aliphatic rings. The minimum absolute atomic E-state index is 0.181. The highest BCUT2D eigenvalue weighted by atomic mass is 16.5. The van der Waals surface area contributed by atoms with E-state index in [9.17, 15) is 4.79 Å². The number of aryl methyl sites for hydroxylation is 1. The van der Waals surface area contributed by atoms with Gasteiger partial charge in [-0.1, -0.05) is 46.8 Å². The molecular formula is C15H24O2. The lowest BCUT2D eigenvalue weighted by molar-refractivity contribution is -0.134. The van der Waals surface area contributed by atoms with Crippen LogP contribution in [0.2, 0.25) is 0 Å². The van der Waals surface area contributed by atoms with Crippen LogP contribution in [0.1, 0.15) is 58.1 Å². The van der Waals surface area contributed by atoms with E-state index in [0.717, 1.165) is 5.56 Å². The van der Waals surface area contributed by atoms with Gasteiger partial charge in [0.2, 0.25) is 0 Å². The molecule has 0 heterocycles. The van der Waals surface area contributed by atoms with Crippen LogP contribution in [-0.4, -0.2) is 5.97 Å². The van der Waals surface area contributed by atoms with Crippen molar-refractivity contribution in [1.82, 2.24) is 0 Å². The highest BCUT2D eigenvalue weighted by Crippen LogP contribution is 2.24. The van der Waals surface area contributed by atoms with Gasteiger partial charge in [0.25, 0.3) is 0 Å². The van der Waals surface area contributed by atoms with Crippen LogP contribution in [0.4, 0.5) is 0 Å². The predicted molar refractivity (Wildman–Crippen MR) is 72.5 cm³/mol. The number of rotatable bonds is 3. The van der Waals surface area contributed by atoms with Crippen molar-refractivity contribution in [3.63, 3.8) is 0 Å². The number of carbonyl (C=O) groups excluding carboxylic acids is 1. The highest BCUT2D eigenvalue weighted by Gasteiger charge is 2.07. The Kier molecular flexibility index (Phi) is 7.27. The summed E-state index contributed by atoms with van der Waals surface area (Å²) in [4.78, 5) is 11.2. The standard InChI is InChI=1S/C13H18O2.C2H6/c1-5-13(14)15-12-8-11(9(2)3)7-6-10(12)4;1-2/h6-9H,5H2,1-4H3;1-2H3. The third kappa shape index (κ3) is 5.03. The molecule has 0 amide bonds. The fourth-order valence-electron chi connectivity index (χ4n) is 1.28. The van der Waals surface area contributed by atoms with Crippen LogP contribution >= 0.6 is 0 Å². The molecule has 2 heteroatoms. The molecule has 0 saturated heterocycles. The number of hydrogen-bond donors (Lipinski definition) is 0. The number of hydrogen-bond acceptors (Lipinski definition) is 2. The fourth-order valence-corrected chi connectivity index (χ4v) is 1.28. The Hall–Kier alpha value is -1.31. The normalized spacial score (nSPS) is 9.59. The summed E-state index contributed by atoms with van der Waals surface area (Å²) in [6.45, 7) is 12.0. The molecule has 0 fully saturated rings. The Morgan fingerprint density at radius 2 is 1.88 bits per heavy atom. The highest BCUT2D eigenvalue weighted by molar-refractivity contribution is 5.72. The van der Waals surface area contributed by atoms with Gasteiger partial charge in [-0.25, -0.2) is 0 Å². The molecule has 0 unspecified atom stereocenters. The van der Waals surface area contributed by atoms with Crippen molar-refractivity contribution in [3.8, 4) is 5.75 Å². The average Bonchev–Trinajstić information content (AvgIpc) is 2.34. The van der Waals surface area contributed by atoms with Crippen LogP contribution in [0.15, 0.2) is 18.2 Å². The molecule has 1 aromatic carbocycles. The predicted octanol–water partition coefficient (Wildman–Crippen LogP) is 4.46. The Morgan fingerprint density at radius 3 is 2.35 bits per heavy atom. The zero-order valence-corrected chi connectivity index (χ0v) is 11.8. The number of ether oxygens (including phenoxy) is 1. The average molecular weight is 236 g/mol. The Bertz CT molecular complexity index is 354. The summed E-state index contributed by atoms with van der Waals surface area (Å²) in [7, 11) is 0. The summed E-state index contributed by atoms with van der Waals surface area (Å²) in [5.41, 5.74) is 2.20. The summed E-state index contributed by atoms with van der Waals surface area (Å²) in [5, 5.41) is 0. The summed E-state index contributed by atoms with van der Waals surface area (Å²) >= 11 is 0. The van der Waals surface area contributed by atoms with Crippen molar-refractivity contribution >= 4 is 5.97 Å². The van der Waals surface area contributed by atoms with Gasteiger partial charge in [0, 0.05) is 6.42 Å². The molecule has 0 saturated carbocycles. The van der Waals surface area contributed by atoms with Crippen LogP contribution in [0.25, 0.3) is 0 Å². The van der Waals surface area contributed by atoms with Gasteiger partial charge in [-0.15, -0.1) is 0 Å². The van der Waals surface area contributed by atoms with Crippen molar-refractivity contribution in [1.29, 1.82) is 0 Å². The first kappa shape index (κ1) is 15.7. The number of carbonyl (C=O) groups is 1. The fraction of sp³-hybridized carbons (Fsp3) is 0.533. The topological polar surface area (TPSA) is 26.3 Å². The molecule has 2 nitrogen and oxygen atoms in total. The van der Waals surface area contributed by atoms with Crippen LogP contribution in [0.5, 0.6) is 5.75 Å². The number of esters is 1. The van der Waals surface area contributed by atoms with Crippen molar-refractivity contribution in [2.24, 2.45) is 0 Å². The molecular weight excluding hydrogens is 212 g/mol. The molecule has 0 aromatic heterocycles. The molecule has 0 N–H and O–H groups in total. The van der Waals surface area contributed by atoms with Crippen molar-refractivity contribution in [3.05, 3.63) is 29.3 Å². The molecule has 0 spiro atoms. The second kappa shape index (κ2) is 7.88. The second-order valence-electron chi connectivity index (χ2n) is 4.01. The molecule has 1 rings (SSSR count). The Labute approximate surface area is 105 Å². The van der Waals surface area contributed by atoms with E-state index >= 15 is 0 Å². The minimum atomic E-state index is -0.181. The van der Waals surface area contributed by atoms with Crippen LogP contribution in [0.3, 0.4) is 0 Å². The second-order valence-corrected chi connectivity index (χ2v) is 4.01. The van der Waals surface area contributed by atoms with Crippen LogP contribution in [0, 0.1) is 6.92 Å². The molecule has 0 bridgehead atoms. The number of benzene rings is 1. The van der Waals surface area contributed by atoms with Gasteiger partial charge in [-0.3, -0.25) is 4.79 Å². The van der Waals surface area contributed by atoms with E-state index in [2.05, 4.69) is 19.9 Å². The monoisotopic (exact) mass is 236 g/mol. The van der Waals surface area contributed by atoms with Crippen LogP contribution < -0.4 is 4.74 Å². The SMILES string of the molecule is CC.CCC(=O)Oc1cc(C(C)C)ccc1C. The van der Waals surface area contributed by atoms with Gasteiger partial charge >= 0.3 is 5.97 Å². The van der Waals surface area contributed by atoms with E-state index < -0.39 is 0 Å². The first-order chi connectivity index (χ1) is 8.04. The maximum atomic E-state index is 11.2. The van der Waals surface area contributed by atoms with Crippen molar-refractivity contribution in [2.75, 3.05) is 0 Å².